The number of hydrogen-bond donors (Lipinski definition) is 3. The van der Waals surface area contributed by atoms with Crippen molar-refractivity contribution in [3.63, 3.8) is 0 Å². The van der Waals surface area contributed by atoms with Crippen LogP contribution in [0.4, 0.5) is 10.7 Å². The van der Waals surface area contributed by atoms with Crippen molar-refractivity contribution >= 4 is 39.7 Å². The Kier molecular flexibility index (Phi) is 3.98. The van der Waals surface area contributed by atoms with Crippen molar-refractivity contribution < 1.29 is 9.90 Å². The molecule has 1 aliphatic rings. The third kappa shape index (κ3) is 2.82. The summed E-state index contributed by atoms with van der Waals surface area (Å²) in [6.45, 7) is 3.38. The highest BCUT2D eigenvalue weighted by Crippen LogP contribution is 2.44. The molecule has 0 saturated carbocycles. The second kappa shape index (κ2) is 5.22. The molecule has 1 amide bonds. The first kappa shape index (κ1) is 14.5. The molecule has 5 N–H and O–H groups in total. The van der Waals surface area contributed by atoms with E-state index in [4.69, 9.17) is 11.5 Å². The number of piperidine rings is 1. The fourth-order valence-electron chi connectivity index (χ4n) is 2.20. The molecule has 0 atom stereocenters. The van der Waals surface area contributed by atoms with Gasteiger partial charge in [0.2, 0.25) is 0 Å². The Morgan fingerprint density at radius 2 is 2.05 bits per heavy atom. The standard InChI is InChI=1S/C12H19N3O2S2/c1-12(17)3-5-15(6-4-12)11-9(18-2)7(13)8(19-11)10(14)16/h17H,3-6,13H2,1-2H3,(H2,14,16). The lowest BCUT2D eigenvalue weighted by Gasteiger charge is -2.36. The number of carbonyl (C=O) groups excluding carboxylic acids is 1. The first-order valence-corrected chi connectivity index (χ1v) is 8.13. The second-order valence-electron chi connectivity index (χ2n) is 5.03. The van der Waals surface area contributed by atoms with Crippen molar-refractivity contribution in [2.24, 2.45) is 5.73 Å². The summed E-state index contributed by atoms with van der Waals surface area (Å²) in [6, 6.07) is 0. The highest BCUT2D eigenvalue weighted by Gasteiger charge is 2.30. The minimum Gasteiger partial charge on any atom is -0.396 e. The molecule has 0 radical (unpaired) electrons. The highest BCUT2D eigenvalue weighted by molar-refractivity contribution is 7.99. The van der Waals surface area contributed by atoms with Gasteiger partial charge in [0.1, 0.15) is 9.88 Å². The van der Waals surface area contributed by atoms with Gasteiger partial charge < -0.3 is 21.5 Å². The van der Waals surface area contributed by atoms with Gasteiger partial charge in [-0.1, -0.05) is 0 Å². The van der Waals surface area contributed by atoms with Gasteiger partial charge in [-0.2, -0.15) is 0 Å². The molecule has 1 aliphatic heterocycles. The molecule has 1 aromatic heterocycles. The van der Waals surface area contributed by atoms with E-state index < -0.39 is 11.5 Å². The van der Waals surface area contributed by atoms with E-state index in [1.165, 1.54) is 23.1 Å². The summed E-state index contributed by atoms with van der Waals surface area (Å²) in [5.41, 5.74) is 11.2. The Hall–Kier alpha value is -0.920. The SMILES string of the molecule is CSc1c(N2CCC(C)(O)CC2)sc(C(N)=O)c1N. The van der Waals surface area contributed by atoms with Crippen LogP contribution in [0.3, 0.4) is 0 Å². The zero-order chi connectivity index (χ0) is 14.2. The average molecular weight is 301 g/mol. The molecular formula is C12H19N3O2S2. The molecule has 106 valence electrons. The maximum Gasteiger partial charge on any atom is 0.261 e. The summed E-state index contributed by atoms with van der Waals surface area (Å²) < 4.78 is 0. The fourth-order valence-corrected chi connectivity index (χ4v) is 4.28. The molecule has 0 aromatic carbocycles. The van der Waals surface area contributed by atoms with Gasteiger partial charge in [0, 0.05) is 13.1 Å². The molecule has 2 rings (SSSR count). The number of carbonyl (C=O) groups is 1. The quantitative estimate of drug-likeness (QED) is 0.736. The number of nitrogens with two attached hydrogens (primary N) is 2. The number of thioether (sulfide) groups is 1. The average Bonchev–Trinajstić information content (AvgIpc) is 2.66. The minimum absolute atomic E-state index is 0.427. The maximum atomic E-state index is 11.4. The molecular weight excluding hydrogens is 282 g/mol. The Bertz CT molecular complexity index is 489. The lowest BCUT2D eigenvalue weighted by atomic mass is 9.94. The predicted molar refractivity (Wildman–Crippen MR) is 81.1 cm³/mol. The van der Waals surface area contributed by atoms with E-state index in [-0.39, 0.29) is 0 Å². The summed E-state index contributed by atoms with van der Waals surface area (Å²) in [6.07, 6.45) is 3.36. The van der Waals surface area contributed by atoms with Crippen molar-refractivity contribution in [3.8, 4) is 0 Å². The Balaban J connectivity index is 2.30. The van der Waals surface area contributed by atoms with Gasteiger partial charge in [0.15, 0.2) is 0 Å². The van der Waals surface area contributed by atoms with Crippen molar-refractivity contribution in [3.05, 3.63) is 4.88 Å². The molecule has 0 bridgehead atoms. The first-order chi connectivity index (χ1) is 8.85. The van der Waals surface area contributed by atoms with Gasteiger partial charge >= 0.3 is 0 Å². The summed E-state index contributed by atoms with van der Waals surface area (Å²) >= 11 is 2.88. The van der Waals surface area contributed by atoms with Crippen LogP contribution in [0.25, 0.3) is 0 Å². The van der Waals surface area contributed by atoms with Crippen molar-refractivity contribution in [2.45, 2.75) is 30.3 Å². The predicted octanol–water partition coefficient (Wildman–Crippen LogP) is 1.50. The van der Waals surface area contributed by atoms with E-state index in [1.54, 1.807) is 0 Å². The summed E-state index contributed by atoms with van der Waals surface area (Å²) in [5.74, 6) is -0.479. The number of hydrogen-bond acceptors (Lipinski definition) is 6. The number of primary amides is 1. The van der Waals surface area contributed by atoms with Gasteiger partial charge in [-0.3, -0.25) is 4.79 Å². The molecule has 7 heteroatoms. The van der Waals surface area contributed by atoms with Crippen LogP contribution in [-0.4, -0.2) is 36.0 Å². The zero-order valence-corrected chi connectivity index (χ0v) is 12.7. The number of nitrogen functional groups attached to an aromatic ring is 1. The number of rotatable bonds is 3. The topological polar surface area (TPSA) is 92.6 Å². The van der Waals surface area contributed by atoms with Crippen molar-refractivity contribution in [2.75, 3.05) is 30.0 Å². The van der Waals surface area contributed by atoms with E-state index in [0.717, 1.165) is 23.0 Å². The summed E-state index contributed by atoms with van der Waals surface area (Å²) in [5, 5.41) is 11.0. The summed E-state index contributed by atoms with van der Waals surface area (Å²) in [4.78, 5) is 14.9. The van der Waals surface area contributed by atoms with Crippen LogP contribution in [0.1, 0.15) is 29.4 Å². The van der Waals surface area contributed by atoms with Crippen molar-refractivity contribution in [1.82, 2.24) is 0 Å². The van der Waals surface area contributed by atoms with Crippen LogP contribution in [0, 0.1) is 0 Å². The molecule has 0 aliphatic carbocycles. The molecule has 19 heavy (non-hydrogen) atoms. The Morgan fingerprint density at radius 3 is 2.53 bits per heavy atom. The zero-order valence-electron chi connectivity index (χ0n) is 11.1. The maximum absolute atomic E-state index is 11.4. The van der Waals surface area contributed by atoms with Crippen LogP contribution >= 0.6 is 23.1 Å². The van der Waals surface area contributed by atoms with Gasteiger partial charge in [0.05, 0.1) is 16.2 Å². The van der Waals surface area contributed by atoms with Gasteiger partial charge in [-0.25, -0.2) is 0 Å². The van der Waals surface area contributed by atoms with Crippen LogP contribution in [0.2, 0.25) is 0 Å². The van der Waals surface area contributed by atoms with Crippen LogP contribution < -0.4 is 16.4 Å². The Morgan fingerprint density at radius 1 is 1.47 bits per heavy atom. The first-order valence-electron chi connectivity index (χ1n) is 6.09. The van der Waals surface area contributed by atoms with E-state index in [9.17, 15) is 9.90 Å². The lowest BCUT2D eigenvalue weighted by molar-refractivity contribution is 0.0352. The number of aliphatic hydroxyl groups is 1. The second-order valence-corrected chi connectivity index (χ2v) is 6.85. The van der Waals surface area contributed by atoms with Gasteiger partial charge in [-0.15, -0.1) is 23.1 Å². The molecule has 1 aromatic rings. The lowest BCUT2D eigenvalue weighted by Crippen LogP contribution is -2.42. The largest absolute Gasteiger partial charge is 0.396 e. The van der Waals surface area contributed by atoms with E-state index in [2.05, 4.69) is 4.90 Å². The van der Waals surface area contributed by atoms with E-state index >= 15 is 0 Å². The molecule has 5 nitrogen and oxygen atoms in total. The van der Waals surface area contributed by atoms with Gasteiger partial charge in [-0.05, 0) is 26.0 Å². The third-order valence-corrected chi connectivity index (χ3v) is 5.67. The van der Waals surface area contributed by atoms with Crippen LogP contribution in [-0.2, 0) is 0 Å². The third-order valence-electron chi connectivity index (χ3n) is 3.44. The number of nitrogens with zero attached hydrogens (tertiary/aromatic N) is 1. The van der Waals surface area contributed by atoms with Gasteiger partial charge in [0.25, 0.3) is 5.91 Å². The Labute approximate surface area is 121 Å². The number of anilines is 2. The van der Waals surface area contributed by atoms with Crippen LogP contribution in [0.5, 0.6) is 0 Å². The molecule has 2 heterocycles. The smallest absolute Gasteiger partial charge is 0.261 e. The number of thiophene rings is 1. The minimum atomic E-state index is -0.592. The van der Waals surface area contributed by atoms with Crippen molar-refractivity contribution in [1.29, 1.82) is 0 Å². The normalized spacial score (nSPS) is 18.6. The van der Waals surface area contributed by atoms with Crippen LogP contribution in [0.15, 0.2) is 4.90 Å². The molecule has 1 saturated heterocycles. The molecule has 1 fully saturated rings. The number of amides is 1. The van der Waals surface area contributed by atoms with E-state index in [0.29, 0.717) is 23.4 Å². The molecule has 0 spiro atoms. The van der Waals surface area contributed by atoms with E-state index in [1.807, 2.05) is 13.2 Å². The fraction of sp³-hybridized carbons (Fsp3) is 0.583. The monoisotopic (exact) mass is 301 g/mol. The summed E-state index contributed by atoms with van der Waals surface area (Å²) in [7, 11) is 0. The molecule has 0 unspecified atom stereocenters. The highest BCUT2D eigenvalue weighted by atomic mass is 32.2.